The van der Waals surface area contributed by atoms with Crippen molar-refractivity contribution in [2.45, 2.75) is 6.42 Å². The number of ether oxygens (including phenoxy) is 2. The molecular formula is C14H18N2O5S. The van der Waals surface area contributed by atoms with E-state index in [-0.39, 0.29) is 25.7 Å². The zero-order chi connectivity index (χ0) is 16.2. The minimum atomic E-state index is -3.51. The van der Waals surface area contributed by atoms with Gasteiger partial charge in [-0.25, -0.2) is 8.42 Å². The monoisotopic (exact) mass is 326 g/mol. The zero-order valence-corrected chi connectivity index (χ0v) is 13.1. The van der Waals surface area contributed by atoms with Crippen LogP contribution < -0.4 is 19.1 Å². The Hall–Kier alpha value is -2.22. The number of nitrogens with zero attached hydrogens (tertiary/aromatic N) is 1. The van der Waals surface area contributed by atoms with E-state index < -0.39 is 10.0 Å². The molecule has 1 N–H and O–H groups in total. The summed E-state index contributed by atoms with van der Waals surface area (Å²) in [6, 6.07) is 4.86. The van der Waals surface area contributed by atoms with Crippen LogP contribution in [0.3, 0.4) is 0 Å². The van der Waals surface area contributed by atoms with Gasteiger partial charge in [0.1, 0.15) is 0 Å². The quantitative estimate of drug-likeness (QED) is 0.752. The topological polar surface area (TPSA) is 84.9 Å². The Labute approximate surface area is 129 Å². The fourth-order valence-electron chi connectivity index (χ4n) is 2.00. The molecule has 0 radical (unpaired) electrons. The van der Waals surface area contributed by atoms with Crippen LogP contribution in [0, 0.1) is 0 Å². The van der Waals surface area contributed by atoms with Gasteiger partial charge in [-0.3, -0.25) is 9.10 Å². The Morgan fingerprint density at radius 1 is 1.41 bits per heavy atom. The van der Waals surface area contributed by atoms with Crippen molar-refractivity contribution >= 4 is 21.6 Å². The van der Waals surface area contributed by atoms with Crippen LogP contribution in [0.4, 0.5) is 5.69 Å². The molecule has 2 rings (SSSR count). The first kappa shape index (κ1) is 16.2. The number of anilines is 1. The SMILES string of the molecule is C=CCNC(=O)CCN(c1ccc2c(c1)OCO2)S(C)(=O)=O. The summed E-state index contributed by atoms with van der Waals surface area (Å²) in [6.45, 7) is 4.01. The van der Waals surface area contributed by atoms with E-state index in [9.17, 15) is 13.2 Å². The van der Waals surface area contributed by atoms with Crippen molar-refractivity contribution in [3.05, 3.63) is 30.9 Å². The minimum absolute atomic E-state index is 0.0431. The number of amides is 1. The van der Waals surface area contributed by atoms with Crippen LogP contribution in [0.5, 0.6) is 11.5 Å². The van der Waals surface area contributed by atoms with Crippen LogP contribution in [0.25, 0.3) is 0 Å². The summed E-state index contributed by atoms with van der Waals surface area (Å²) in [5, 5.41) is 2.61. The smallest absolute Gasteiger partial charge is 0.232 e. The number of nitrogens with one attached hydrogen (secondary N) is 1. The van der Waals surface area contributed by atoms with Gasteiger partial charge in [0.05, 0.1) is 11.9 Å². The van der Waals surface area contributed by atoms with Crippen LogP contribution in [-0.4, -0.2) is 40.5 Å². The molecule has 0 fully saturated rings. The van der Waals surface area contributed by atoms with Crippen molar-refractivity contribution in [3.8, 4) is 11.5 Å². The Kier molecular flexibility index (Phi) is 4.92. The van der Waals surface area contributed by atoms with Crippen molar-refractivity contribution in [1.29, 1.82) is 0 Å². The Balaban J connectivity index is 2.13. The summed E-state index contributed by atoms with van der Waals surface area (Å²) in [4.78, 5) is 11.6. The van der Waals surface area contributed by atoms with Gasteiger partial charge in [-0.05, 0) is 12.1 Å². The summed E-state index contributed by atoms with van der Waals surface area (Å²) in [6.07, 6.45) is 2.71. The molecule has 1 aromatic rings. The van der Waals surface area contributed by atoms with Crippen molar-refractivity contribution < 1.29 is 22.7 Å². The molecule has 1 aromatic carbocycles. The van der Waals surface area contributed by atoms with Gasteiger partial charge in [-0.15, -0.1) is 6.58 Å². The molecule has 120 valence electrons. The first-order chi connectivity index (χ1) is 10.4. The van der Waals surface area contributed by atoms with Crippen molar-refractivity contribution in [2.24, 2.45) is 0 Å². The van der Waals surface area contributed by atoms with E-state index in [1.165, 1.54) is 4.31 Å². The fraction of sp³-hybridized carbons (Fsp3) is 0.357. The Morgan fingerprint density at radius 2 is 2.14 bits per heavy atom. The highest BCUT2D eigenvalue weighted by atomic mass is 32.2. The third-order valence-electron chi connectivity index (χ3n) is 3.03. The van der Waals surface area contributed by atoms with E-state index in [2.05, 4.69) is 11.9 Å². The largest absolute Gasteiger partial charge is 0.454 e. The number of fused-ring (bicyclic) bond motifs is 1. The van der Waals surface area contributed by atoms with E-state index in [0.717, 1.165) is 6.26 Å². The molecular weight excluding hydrogens is 308 g/mol. The highest BCUT2D eigenvalue weighted by molar-refractivity contribution is 7.92. The molecule has 8 heteroatoms. The normalized spacial score (nSPS) is 12.8. The number of benzene rings is 1. The molecule has 0 saturated heterocycles. The van der Waals surface area contributed by atoms with Gasteiger partial charge in [0.2, 0.25) is 22.7 Å². The maximum absolute atomic E-state index is 12.0. The fourth-order valence-corrected chi connectivity index (χ4v) is 2.92. The second kappa shape index (κ2) is 6.69. The van der Waals surface area contributed by atoms with Crippen molar-refractivity contribution in [3.63, 3.8) is 0 Å². The molecule has 0 unspecified atom stereocenters. The lowest BCUT2D eigenvalue weighted by Crippen LogP contribution is -2.34. The first-order valence-corrected chi connectivity index (χ1v) is 8.51. The zero-order valence-electron chi connectivity index (χ0n) is 12.2. The lowest BCUT2D eigenvalue weighted by molar-refractivity contribution is -0.120. The summed E-state index contributed by atoms with van der Waals surface area (Å²) >= 11 is 0. The van der Waals surface area contributed by atoms with Gasteiger partial charge in [-0.1, -0.05) is 6.08 Å². The second-order valence-corrected chi connectivity index (χ2v) is 6.62. The maximum Gasteiger partial charge on any atom is 0.232 e. The summed E-state index contributed by atoms with van der Waals surface area (Å²) < 4.78 is 35.5. The number of rotatable bonds is 7. The average Bonchev–Trinajstić information content (AvgIpc) is 2.91. The summed E-state index contributed by atoms with van der Waals surface area (Å²) in [7, 11) is -3.51. The van der Waals surface area contributed by atoms with Crippen LogP contribution in [0.1, 0.15) is 6.42 Å². The number of hydrogen-bond acceptors (Lipinski definition) is 5. The predicted molar refractivity (Wildman–Crippen MR) is 82.6 cm³/mol. The Bertz CT molecular complexity index is 672. The molecule has 1 aliphatic heterocycles. The van der Waals surface area contributed by atoms with Crippen LogP contribution >= 0.6 is 0 Å². The minimum Gasteiger partial charge on any atom is -0.454 e. The van der Waals surface area contributed by atoms with Gasteiger partial charge >= 0.3 is 0 Å². The number of carbonyl (C=O) groups excluding carboxylic acids is 1. The molecule has 1 aliphatic rings. The van der Waals surface area contributed by atoms with E-state index in [0.29, 0.717) is 23.7 Å². The van der Waals surface area contributed by atoms with Gasteiger partial charge in [0.15, 0.2) is 11.5 Å². The van der Waals surface area contributed by atoms with Crippen molar-refractivity contribution in [1.82, 2.24) is 5.32 Å². The lowest BCUT2D eigenvalue weighted by atomic mass is 10.2. The van der Waals surface area contributed by atoms with E-state index in [4.69, 9.17) is 9.47 Å². The van der Waals surface area contributed by atoms with Gasteiger partial charge in [0.25, 0.3) is 0 Å². The van der Waals surface area contributed by atoms with Crippen LogP contribution in [0.2, 0.25) is 0 Å². The van der Waals surface area contributed by atoms with Gasteiger partial charge in [-0.2, -0.15) is 0 Å². The predicted octanol–water partition coefficient (Wildman–Crippen LogP) is 0.874. The molecule has 0 aliphatic carbocycles. The van der Waals surface area contributed by atoms with Crippen LogP contribution in [-0.2, 0) is 14.8 Å². The Morgan fingerprint density at radius 3 is 2.82 bits per heavy atom. The molecule has 0 spiro atoms. The third-order valence-corrected chi connectivity index (χ3v) is 4.22. The van der Waals surface area contributed by atoms with E-state index in [1.807, 2.05) is 0 Å². The lowest BCUT2D eigenvalue weighted by Gasteiger charge is -2.22. The summed E-state index contributed by atoms with van der Waals surface area (Å²) in [5.74, 6) is 0.817. The molecule has 0 saturated carbocycles. The summed E-state index contributed by atoms with van der Waals surface area (Å²) in [5.41, 5.74) is 0.434. The molecule has 22 heavy (non-hydrogen) atoms. The van der Waals surface area contributed by atoms with Gasteiger partial charge < -0.3 is 14.8 Å². The van der Waals surface area contributed by atoms with Gasteiger partial charge in [0, 0.05) is 25.6 Å². The third kappa shape index (κ3) is 3.91. The molecule has 1 amide bonds. The molecule has 0 atom stereocenters. The highest BCUT2D eigenvalue weighted by Crippen LogP contribution is 2.36. The average molecular weight is 326 g/mol. The molecule has 0 aromatic heterocycles. The standard InChI is InChI=1S/C14H18N2O5S/c1-3-7-15-14(17)6-8-16(22(2,18)19)11-4-5-12-13(9-11)21-10-20-12/h3-5,9H,1,6-8,10H2,2H3,(H,15,17). The van der Waals surface area contributed by atoms with Crippen molar-refractivity contribution in [2.75, 3.05) is 30.4 Å². The molecule has 1 heterocycles. The molecule has 0 bridgehead atoms. The van der Waals surface area contributed by atoms with E-state index in [1.54, 1.807) is 24.3 Å². The highest BCUT2D eigenvalue weighted by Gasteiger charge is 2.22. The van der Waals surface area contributed by atoms with E-state index >= 15 is 0 Å². The first-order valence-electron chi connectivity index (χ1n) is 6.67. The second-order valence-electron chi connectivity index (χ2n) is 4.72. The van der Waals surface area contributed by atoms with Crippen LogP contribution in [0.15, 0.2) is 30.9 Å². The number of carbonyl (C=O) groups is 1. The number of hydrogen-bond donors (Lipinski definition) is 1. The maximum atomic E-state index is 12.0. The number of sulfonamides is 1. The molecule has 7 nitrogen and oxygen atoms in total.